The zero-order valence-electron chi connectivity index (χ0n) is 8.90. The number of rotatable bonds is 2. The van der Waals surface area contributed by atoms with Crippen molar-refractivity contribution in [2.45, 2.75) is 13.5 Å². The van der Waals surface area contributed by atoms with E-state index in [0.29, 0.717) is 12.1 Å². The van der Waals surface area contributed by atoms with Crippen molar-refractivity contribution in [3.63, 3.8) is 0 Å². The molecule has 1 aromatic carbocycles. The molecule has 2 aromatic rings. The first-order chi connectivity index (χ1) is 7.68. The molecule has 1 amide bonds. The predicted octanol–water partition coefficient (Wildman–Crippen LogP) is 1.58. The van der Waals surface area contributed by atoms with E-state index in [4.69, 9.17) is 0 Å². The molecule has 1 aromatic heterocycles. The van der Waals surface area contributed by atoms with Crippen LogP contribution in [0.4, 0.5) is 0 Å². The van der Waals surface area contributed by atoms with Crippen molar-refractivity contribution in [2.75, 3.05) is 0 Å². The molecule has 0 fully saturated rings. The minimum atomic E-state index is -0.0786. The molecule has 0 aliphatic rings. The van der Waals surface area contributed by atoms with Crippen LogP contribution in [0.2, 0.25) is 0 Å². The molecule has 2 N–H and O–H groups in total. The SMILES string of the molecule is CC(=O)NCc1ccc(O)c2ncccc12. The first kappa shape index (κ1) is 10.4. The highest BCUT2D eigenvalue weighted by Gasteiger charge is 2.05. The average molecular weight is 216 g/mol. The van der Waals surface area contributed by atoms with Gasteiger partial charge in [0.05, 0.1) is 0 Å². The van der Waals surface area contributed by atoms with E-state index in [1.807, 2.05) is 6.07 Å². The molecule has 0 spiro atoms. The van der Waals surface area contributed by atoms with Gasteiger partial charge >= 0.3 is 0 Å². The summed E-state index contributed by atoms with van der Waals surface area (Å²) in [5, 5.41) is 13.2. The van der Waals surface area contributed by atoms with Gasteiger partial charge in [0, 0.05) is 25.1 Å². The van der Waals surface area contributed by atoms with Gasteiger partial charge in [0.15, 0.2) is 0 Å². The standard InChI is InChI=1S/C12H12N2O2/c1-8(15)14-7-9-4-5-11(16)12-10(9)3-2-6-13-12/h2-6,16H,7H2,1H3,(H,14,15). The molecule has 2 rings (SSSR count). The van der Waals surface area contributed by atoms with E-state index in [9.17, 15) is 9.90 Å². The molecule has 4 heteroatoms. The Bertz CT molecular complexity index is 538. The minimum absolute atomic E-state index is 0.0786. The smallest absolute Gasteiger partial charge is 0.217 e. The van der Waals surface area contributed by atoms with Crippen LogP contribution in [0.15, 0.2) is 30.5 Å². The number of amides is 1. The molecule has 0 bridgehead atoms. The summed E-state index contributed by atoms with van der Waals surface area (Å²) in [7, 11) is 0. The van der Waals surface area contributed by atoms with Gasteiger partial charge in [0.1, 0.15) is 11.3 Å². The van der Waals surface area contributed by atoms with Crippen LogP contribution < -0.4 is 5.32 Å². The molecular formula is C12H12N2O2. The van der Waals surface area contributed by atoms with E-state index in [-0.39, 0.29) is 11.7 Å². The van der Waals surface area contributed by atoms with Crippen LogP contribution >= 0.6 is 0 Å². The molecule has 4 nitrogen and oxygen atoms in total. The monoisotopic (exact) mass is 216 g/mol. The number of fused-ring (bicyclic) bond motifs is 1. The number of phenolic OH excluding ortho intramolecular Hbond substituents is 1. The lowest BCUT2D eigenvalue weighted by Crippen LogP contribution is -2.19. The third kappa shape index (κ3) is 1.95. The van der Waals surface area contributed by atoms with Gasteiger partial charge in [-0.25, -0.2) is 0 Å². The maximum Gasteiger partial charge on any atom is 0.217 e. The number of nitrogens with one attached hydrogen (secondary N) is 1. The number of nitrogens with zero attached hydrogens (tertiary/aromatic N) is 1. The van der Waals surface area contributed by atoms with Gasteiger partial charge in [-0.3, -0.25) is 9.78 Å². The first-order valence-electron chi connectivity index (χ1n) is 4.98. The van der Waals surface area contributed by atoms with Gasteiger partial charge in [0.25, 0.3) is 0 Å². The van der Waals surface area contributed by atoms with Crippen molar-refractivity contribution in [3.05, 3.63) is 36.0 Å². The fourth-order valence-corrected chi connectivity index (χ4v) is 1.59. The Labute approximate surface area is 92.9 Å². The van der Waals surface area contributed by atoms with E-state index in [2.05, 4.69) is 10.3 Å². The topological polar surface area (TPSA) is 62.2 Å². The molecule has 82 valence electrons. The number of carbonyl (C=O) groups is 1. The van der Waals surface area contributed by atoms with Crippen molar-refractivity contribution < 1.29 is 9.90 Å². The van der Waals surface area contributed by atoms with Gasteiger partial charge < -0.3 is 10.4 Å². The number of benzene rings is 1. The lowest BCUT2D eigenvalue weighted by atomic mass is 10.1. The fourth-order valence-electron chi connectivity index (χ4n) is 1.59. The van der Waals surface area contributed by atoms with Crippen LogP contribution in [0.1, 0.15) is 12.5 Å². The molecule has 0 atom stereocenters. The summed E-state index contributed by atoms with van der Waals surface area (Å²) in [5.74, 6) is 0.0762. The summed E-state index contributed by atoms with van der Waals surface area (Å²) >= 11 is 0. The Hall–Kier alpha value is -2.10. The highest BCUT2D eigenvalue weighted by molar-refractivity contribution is 5.87. The van der Waals surface area contributed by atoms with Crippen molar-refractivity contribution in [1.82, 2.24) is 10.3 Å². The second-order valence-corrected chi connectivity index (χ2v) is 3.55. The molecule has 16 heavy (non-hydrogen) atoms. The van der Waals surface area contributed by atoms with E-state index in [0.717, 1.165) is 10.9 Å². The number of aromatic hydroxyl groups is 1. The Morgan fingerprint density at radius 1 is 1.44 bits per heavy atom. The molecule has 0 aliphatic heterocycles. The molecular weight excluding hydrogens is 204 g/mol. The zero-order chi connectivity index (χ0) is 11.5. The Kier molecular flexibility index (Phi) is 2.72. The van der Waals surface area contributed by atoms with Crippen molar-refractivity contribution in [1.29, 1.82) is 0 Å². The van der Waals surface area contributed by atoms with E-state index < -0.39 is 0 Å². The van der Waals surface area contributed by atoms with Gasteiger partial charge in [-0.15, -0.1) is 0 Å². The quantitative estimate of drug-likeness (QED) is 0.801. The lowest BCUT2D eigenvalue weighted by Gasteiger charge is -2.07. The summed E-state index contributed by atoms with van der Waals surface area (Å²) < 4.78 is 0. The molecule has 1 heterocycles. The first-order valence-corrected chi connectivity index (χ1v) is 4.98. The van der Waals surface area contributed by atoms with Gasteiger partial charge in [-0.1, -0.05) is 12.1 Å². The summed E-state index contributed by atoms with van der Waals surface area (Å²) in [5.41, 5.74) is 1.50. The summed E-state index contributed by atoms with van der Waals surface area (Å²) in [6, 6.07) is 7.06. The van der Waals surface area contributed by atoms with Gasteiger partial charge in [-0.05, 0) is 17.7 Å². The zero-order valence-corrected chi connectivity index (χ0v) is 8.90. The fraction of sp³-hybridized carbons (Fsp3) is 0.167. The van der Waals surface area contributed by atoms with E-state index in [1.165, 1.54) is 6.92 Å². The van der Waals surface area contributed by atoms with Crippen molar-refractivity contribution in [2.24, 2.45) is 0 Å². The second-order valence-electron chi connectivity index (χ2n) is 3.55. The lowest BCUT2D eigenvalue weighted by molar-refractivity contribution is -0.119. The molecule has 0 saturated heterocycles. The number of aromatic nitrogens is 1. The highest BCUT2D eigenvalue weighted by Crippen LogP contribution is 2.25. The number of carbonyl (C=O) groups excluding carboxylic acids is 1. The number of phenols is 1. The third-order valence-electron chi connectivity index (χ3n) is 2.37. The second kappa shape index (κ2) is 4.18. The van der Waals surface area contributed by atoms with Crippen LogP contribution in [0.5, 0.6) is 5.75 Å². The van der Waals surface area contributed by atoms with Crippen molar-refractivity contribution >= 4 is 16.8 Å². The van der Waals surface area contributed by atoms with Crippen LogP contribution in [0.3, 0.4) is 0 Å². The molecule has 0 saturated carbocycles. The van der Waals surface area contributed by atoms with Crippen LogP contribution in [-0.2, 0) is 11.3 Å². The number of pyridine rings is 1. The van der Waals surface area contributed by atoms with Gasteiger partial charge in [-0.2, -0.15) is 0 Å². The minimum Gasteiger partial charge on any atom is -0.506 e. The van der Waals surface area contributed by atoms with Crippen molar-refractivity contribution in [3.8, 4) is 5.75 Å². The van der Waals surface area contributed by atoms with Crippen LogP contribution in [-0.4, -0.2) is 16.0 Å². The summed E-state index contributed by atoms with van der Waals surface area (Å²) in [4.78, 5) is 14.9. The Morgan fingerprint density at radius 3 is 3.00 bits per heavy atom. The average Bonchev–Trinajstić information content (AvgIpc) is 2.28. The maximum absolute atomic E-state index is 10.8. The van der Waals surface area contributed by atoms with Gasteiger partial charge in [0.2, 0.25) is 5.91 Å². The molecule has 0 aliphatic carbocycles. The maximum atomic E-state index is 10.8. The predicted molar refractivity (Wildman–Crippen MR) is 60.9 cm³/mol. The largest absolute Gasteiger partial charge is 0.506 e. The Balaban J connectivity index is 2.46. The molecule has 0 unspecified atom stereocenters. The third-order valence-corrected chi connectivity index (χ3v) is 2.37. The highest BCUT2D eigenvalue weighted by atomic mass is 16.3. The summed E-state index contributed by atoms with van der Waals surface area (Å²) in [6.07, 6.45) is 1.63. The molecule has 0 radical (unpaired) electrons. The van der Waals surface area contributed by atoms with E-state index in [1.54, 1.807) is 24.4 Å². The van der Waals surface area contributed by atoms with E-state index >= 15 is 0 Å². The summed E-state index contributed by atoms with van der Waals surface area (Å²) in [6.45, 7) is 1.92. The number of hydrogen-bond donors (Lipinski definition) is 2. The van der Waals surface area contributed by atoms with Crippen LogP contribution in [0.25, 0.3) is 10.9 Å². The number of hydrogen-bond acceptors (Lipinski definition) is 3. The Morgan fingerprint density at radius 2 is 2.25 bits per heavy atom. The normalized spacial score (nSPS) is 10.3. The van der Waals surface area contributed by atoms with Crippen LogP contribution in [0, 0.1) is 0 Å².